The predicted molar refractivity (Wildman–Crippen MR) is 96.2 cm³/mol. The molecule has 0 bridgehead atoms. The highest BCUT2D eigenvalue weighted by Crippen LogP contribution is 2.27. The highest BCUT2D eigenvalue weighted by atomic mass is 16.5. The fourth-order valence-corrected chi connectivity index (χ4v) is 2.23. The van der Waals surface area contributed by atoms with Crippen molar-refractivity contribution in [2.45, 2.75) is 6.61 Å². The van der Waals surface area contributed by atoms with Crippen LogP contribution in [0, 0.1) is 0 Å². The first-order valence-corrected chi connectivity index (χ1v) is 7.81. The third-order valence-electron chi connectivity index (χ3n) is 3.55. The monoisotopic (exact) mass is 356 g/mol. The number of rotatable bonds is 7. The minimum Gasteiger partial charge on any atom is -0.493 e. The van der Waals surface area contributed by atoms with E-state index in [2.05, 4.69) is 4.74 Å². The summed E-state index contributed by atoms with van der Waals surface area (Å²) < 4.78 is 20.2. The van der Waals surface area contributed by atoms with Gasteiger partial charge in [0.05, 0.1) is 26.9 Å². The molecule has 0 radical (unpaired) electrons. The maximum absolute atomic E-state index is 11.9. The van der Waals surface area contributed by atoms with Crippen molar-refractivity contribution in [1.29, 1.82) is 0 Å². The smallest absolute Gasteiger partial charge is 0.337 e. The Hall–Kier alpha value is -3.28. The second kappa shape index (κ2) is 9.27. The molecule has 0 N–H and O–H groups in total. The number of hydrogen-bond acceptors (Lipinski definition) is 6. The lowest BCUT2D eigenvalue weighted by Crippen LogP contribution is -2.04. The fraction of sp³-hybridized carbons (Fsp3) is 0.200. The van der Waals surface area contributed by atoms with Crippen molar-refractivity contribution >= 4 is 18.0 Å². The van der Waals surface area contributed by atoms with Crippen molar-refractivity contribution in [3.05, 3.63) is 65.2 Å². The Kier molecular flexibility index (Phi) is 6.79. The van der Waals surface area contributed by atoms with Crippen molar-refractivity contribution in [3.8, 4) is 11.5 Å². The zero-order valence-corrected chi connectivity index (χ0v) is 14.9. The Morgan fingerprint density at radius 3 is 2.42 bits per heavy atom. The van der Waals surface area contributed by atoms with Crippen molar-refractivity contribution in [3.63, 3.8) is 0 Å². The van der Waals surface area contributed by atoms with Gasteiger partial charge in [-0.15, -0.1) is 0 Å². The first-order valence-electron chi connectivity index (χ1n) is 7.81. The first-order chi connectivity index (χ1) is 12.6. The van der Waals surface area contributed by atoms with E-state index in [1.165, 1.54) is 13.2 Å². The van der Waals surface area contributed by atoms with Gasteiger partial charge in [-0.25, -0.2) is 9.59 Å². The zero-order valence-electron chi connectivity index (χ0n) is 14.9. The van der Waals surface area contributed by atoms with Crippen LogP contribution in [0.5, 0.6) is 11.5 Å². The minimum absolute atomic E-state index is 0.0555. The van der Waals surface area contributed by atoms with E-state index in [1.807, 2.05) is 0 Å². The van der Waals surface area contributed by atoms with Crippen LogP contribution in [0.2, 0.25) is 0 Å². The molecule has 0 aliphatic carbocycles. The van der Waals surface area contributed by atoms with Crippen LogP contribution in [0.15, 0.2) is 48.5 Å². The van der Waals surface area contributed by atoms with Gasteiger partial charge in [0.25, 0.3) is 0 Å². The van der Waals surface area contributed by atoms with Crippen molar-refractivity contribution < 1.29 is 28.5 Å². The highest BCUT2D eigenvalue weighted by molar-refractivity contribution is 5.89. The summed E-state index contributed by atoms with van der Waals surface area (Å²) in [5, 5.41) is 0. The molecule has 0 saturated heterocycles. The Morgan fingerprint density at radius 1 is 0.962 bits per heavy atom. The number of benzene rings is 2. The molecule has 0 heterocycles. The molecular formula is C20H20O6. The SMILES string of the molecule is COC(=O)c1cccc(COC(=O)/C=C/c2ccc(OC)c(OC)c2)c1. The first kappa shape index (κ1) is 19.1. The number of carbonyl (C=O) groups excluding carboxylic acids is 2. The van der Waals surface area contributed by atoms with Crippen LogP contribution in [0.3, 0.4) is 0 Å². The van der Waals surface area contributed by atoms with Gasteiger partial charge in [0.1, 0.15) is 6.61 Å². The third kappa shape index (κ3) is 5.11. The molecule has 0 atom stereocenters. The van der Waals surface area contributed by atoms with Crippen molar-refractivity contribution in [2.75, 3.05) is 21.3 Å². The average molecular weight is 356 g/mol. The summed E-state index contributed by atoms with van der Waals surface area (Å²) in [6.45, 7) is 0.0555. The van der Waals surface area contributed by atoms with Crippen LogP contribution in [-0.4, -0.2) is 33.3 Å². The normalized spacial score (nSPS) is 10.4. The summed E-state index contributed by atoms with van der Waals surface area (Å²) >= 11 is 0. The number of hydrogen-bond donors (Lipinski definition) is 0. The maximum Gasteiger partial charge on any atom is 0.337 e. The summed E-state index contributed by atoms with van der Waals surface area (Å²) in [6, 6.07) is 12.0. The molecule has 136 valence electrons. The lowest BCUT2D eigenvalue weighted by molar-refractivity contribution is -0.138. The molecule has 0 aromatic heterocycles. The summed E-state index contributed by atoms with van der Waals surface area (Å²) in [5.74, 6) is 0.245. The minimum atomic E-state index is -0.497. The molecule has 0 saturated carbocycles. The fourth-order valence-electron chi connectivity index (χ4n) is 2.23. The molecule has 0 fully saturated rings. The molecule has 2 rings (SSSR count). The lowest BCUT2D eigenvalue weighted by Gasteiger charge is -2.07. The van der Waals surface area contributed by atoms with Gasteiger partial charge in [-0.1, -0.05) is 18.2 Å². The molecule has 6 nitrogen and oxygen atoms in total. The van der Waals surface area contributed by atoms with E-state index in [4.69, 9.17) is 14.2 Å². The van der Waals surface area contributed by atoms with Crippen molar-refractivity contribution in [2.24, 2.45) is 0 Å². The second-order valence-electron chi connectivity index (χ2n) is 5.25. The van der Waals surface area contributed by atoms with E-state index in [1.54, 1.807) is 62.8 Å². The standard InChI is InChI=1S/C20H20O6/c1-23-17-9-7-14(12-18(17)24-2)8-10-19(21)26-13-15-5-4-6-16(11-15)20(22)25-3/h4-12H,13H2,1-3H3/b10-8+. The average Bonchev–Trinajstić information content (AvgIpc) is 2.69. The molecule has 0 unspecified atom stereocenters. The second-order valence-corrected chi connectivity index (χ2v) is 5.25. The Balaban J connectivity index is 1.96. The summed E-state index contributed by atoms with van der Waals surface area (Å²) in [4.78, 5) is 23.4. The van der Waals surface area contributed by atoms with E-state index >= 15 is 0 Å². The molecular weight excluding hydrogens is 336 g/mol. The van der Waals surface area contributed by atoms with E-state index in [0.29, 0.717) is 22.6 Å². The van der Waals surface area contributed by atoms with Crippen LogP contribution in [0.1, 0.15) is 21.5 Å². The van der Waals surface area contributed by atoms with Gasteiger partial charge in [-0.05, 0) is 41.5 Å². The Morgan fingerprint density at radius 2 is 1.73 bits per heavy atom. The van der Waals surface area contributed by atoms with E-state index in [0.717, 1.165) is 5.56 Å². The molecule has 0 aliphatic rings. The van der Waals surface area contributed by atoms with Gasteiger partial charge in [0.2, 0.25) is 0 Å². The Bertz CT molecular complexity index is 810. The molecule has 0 spiro atoms. The topological polar surface area (TPSA) is 71.1 Å². The molecule has 0 aliphatic heterocycles. The van der Waals surface area contributed by atoms with Crippen LogP contribution in [0.4, 0.5) is 0 Å². The van der Waals surface area contributed by atoms with Crippen LogP contribution >= 0.6 is 0 Å². The summed E-state index contributed by atoms with van der Waals surface area (Å²) in [7, 11) is 4.41. The van der Waals surface area contributed by atoms with Gasteiger partial charge in [-0.3, -0.25) is 0 Å². The predicted octanol–water partition coefficient (Wildman–Crippen LogP) is 3.25. The van der Waals surface area contributed by atoms with E-state index in [9.17, 15) is 9.59 Å². The highest BCUT2D eigenvalue weighted by Gasteiger charge is 2.07. The quantitative estimate of drug-likeness (QED) is 0.560. The van der Waals surface area contributed by atoms with Gasteiger partial charge in [0, 0.05) is 6.08 Å². The van der Waals surface area contributed by atoms with E-state index < -0.39 is 11.9 Å². The molecule has 6 heteroatoms. The number of ether oxygens (including phenoxy) is 4. The van der Waals surface area contributed by atoms with Crippen molar-refractivity contribution in [1.82, 2.24) is 0 Å². The largest absolute Gasteiger partial charge is 0.493 e. The maximum atomic E-state index is 11.9. The number of methoxy groups -OCH3 is 3. The number of carbonyl (C=O) groups is 2. The van der Waals surface area contributed by atoms with Crippen LogP contribution in [0.25, 0.3) is 6.08 Å². The summed E-state index contributed by atoms with van der Waals surface area (Å²) in [6.07, 6.45) is 2.95. The van der Waals surface area contributed by atoms with E-state index in [-0.39, 0.29) is 6.61 Å². The van der Waals surface area contributed by atoms with Gasteiger partial charge in [-0.2, -0.15) is 0 Å². The van der Waals surface area contributed by atoms with Crippen LogP contribution < -0.4 is 9.47 Å². The van der Waals surface area contributed by atoms with Gasteiger partial charge >= 0.3 is 11.9 Å². The zero-order chi connectivity index (χ0) is 18.9. The third-order valence-corrected chi connectivity index (χ3v) is 3.55. The molecule has 26 heavy (non-hydrogen) atoms. The van der Waals surface area contributed by atoms with Crippen LogP contribution in [-0.2, 0) is 20.9 Å². The number of esters is 2. The lowest BCUT2D eigenvalue weighted by atomic mass is 10.1. The van der Waals surface area contributed by atoms with Gasteiger partial charge in [0.15, 0.2) is 11.5 Å². The molecule has 2 aromatic carbocycles. The van der Waals surface area contributed by atoms with Gasteiger partial charge < -0.3 is 18.9 Å². The molecule has 0 amide bonds. The summed E-state index contributed by atoms with van der Waals surface area (Å²) in [5.41, 5.74) is 1.87. The molecule has 2 aromatic rings. The Labute approximate surface area is 151 Å².